The third-order valence-electron chi connectivity index (χ3n) is 4.10. The van der Waals surface area contributed by atoms with Crippen LogP contribution in [0.25, 0.3) is 0 Å². The van der Waals surface area contributed by atoms with Crippen LogP contribution in [0.3, 0.4) is 0 Å². The van der Waals surface area contributed by atoms with E-state index in [1.165, 1.54) is 11.4 Å². The van der Waals surface area contributed by atoms with Gasteiger partial charge in [-0.05, 0) is 30.2 Å². The molecule has 0 unspecified atom stereocenters. The molecular formula is C18H19BrN2O3S. The maximum Gasteiger partial charge on any atom is 0.269 e. The number of hydrogen-bond acceptors (Lipinski definition) is 4. The quantitative estimate of drug-likeness (QED) is 0.741. The van der Waals surface area contributed by atoms with Crippen LogP contribution in [0, 0.1) is 6.92 Å². The Morgan fingerprint density at radius 3 is 2.64 bits per heavy atom. The lowest BCUT2D eigenvalue weighted by Crippen LogP contribution is -2.35. The molecule has 1 aliphatic rings. The molecule has 0 saturated carbocycles. The van der Waals surface area contributed by atoms with Crippen molar-refractivity contribution in [1.29, 1.82) is 0 Å². The van der Waals surface area contributed by atoms with E-state index in [-0.39, 0.29) is 4.90 Å². The number of rotatable bonds is 5. The molecule has 0 aromatic heterocycles. The highest BCUT2D eigenvalue weighted by Gasteiger charge is 2.33. The first kappa shape index (κ1) is 17.9. The van der Waals surface area contributed by atoms with E-state index in [0.717, 1.165) is 15.6 Å². The lowest BCUT2D eigenvalue weighted by molar-refractivity contribution is 0.400. The average molecular weight is 423 g/mol. The van der Waals surface area contributed by atoms with Gasteiger partial charge in [0.15, 0.2) is 0 Å². The fourth-order valence-electron chi connectivity index (χ4n) is 2.78. The Hall–Kier alpha value is -1.86. The molecule has 0 N–H and O–H groups in total. The zero-order chi connectivity index (χ0) is 18.0. The minimum absolute atomic E-state index is 0.148. The molecule has 7 heteroatoms. The molecule has 2 aromatic carbocycles. The van der Waals surface area contributed by atoms with Crippen LogP contribution in [0.2, 0.25) is 0 Å². The summed E-state index contributed by atoms with van der Waals surface area (Å²) < 4.78 is 33.9. The lowest BCUT2D eigenvalue weighted by Gasteiger charge is -2.22. The Kier molecular flexibility index (Phi) is 5.15. The number of sulfonamides is 1. The van der Waals surface area contributed by atoms with E-state index in [9.17, 15) is 8.42 Å². The first-order chi connectivity index (χ1) is 11.9. The van der Waals surface area contributed by atoms with Gasteiger partial charge in [-0.3, -0.25) is 9.30 Å². The van der Waals surface area contributed by atoms with Gasteiger partial charge < -0.3 is 4.74 Å². The van der Waals surface area contributed by atoms with Gasteiger partial charge in [0.2, 0.25) is 0 Å². The molecule has 3 rings (SSSR count). The summed E-state index contributed by atoms with van der Waals surface area (Å²) in [5, 5.41) is 0. The molecule has 25 heavy (non-hydrogen) atoms. The van der Waals surface area contributed by atoms with Gasteiger partial charge in [0, 0.05) is 10.9 Å². The number of ether oxygens (including phenoxy) is 1. The van der Waals surface area contributed by atoms with Crippen molar-refractivity contribution in [3.05, 3.63) is 58.1 Å². The summed E-state index contributed by atoms with van der Waals surface area (Å²) in [6, 6.07) is 13.1. The predicted molar refractivity (Wildman–Crippen MR) is 102 cm³/mol. The highest BCUT2D eigenvalue weighted by molar-refractivity contribution is 9.10. The summed E-state index contributed by atoms with van der Waals surface area (Å²) in [6.07, 6.45) is 0.482. The summed E-state index contributed by atoms with van der Waals surface area (Å²) in [4.78, 5) is 4.56. The lowest BCUT2D eigenvalue weighted by atomic mass is 10.1. The van der Waals surface area contributed by atoms with Gasteiger partial charge in [-0.2, -0.15) is 0 Å². The van der Waals surface area contributed by atoms with Gasteiger partial charge in [0.1, 0.15) is 16.5 Å². The third kappa shape index (κ3) is 3.57. The number of halogens is 1. The van der Waals surface area contributed by atoms with E-state index in [0.29, 0.717) is 31.1 Å². The maximum atomic E-state index is 13.2. The molecule has 132 valence electrons. The van der Waals surface area contributed by atoms with Crippen LogP contribution in [-0.2, 0) is 16.4 Å². The van der Waals surface area contributed by atoms with Crippen molar-refractivity contribution in [2.75, 3.05) is 20.2 Å². The van der Waals surface area contributed by atoms with Gasteiger partial charge in [-0.1, -0.05) is 46.3 Å². The molecular weight excluding hydrogens is 404 g/mol. The molecule has 0 amide bonds. The number of methoxy groups -OCH3 is 1. The SMILES string of the molecule is COc1cc(C)c(Br)cc1S(=O)(=O)N1CCN=C1Cc1ccccc1. The smallest absolute Gasteiger partial charge is 0.269 e. The van der Waals surface area contributed by atoms with Crippen LogP contribution in [-0.4, -0.2) is 38.8 Å². The van der Waals surface area contributed by atoms with Crippen LogP contribution < -0.4 is 4.74 Å². The van der Waals surface area contributed by atoms with E-state index in [1.54, 1.807) is 12.1 Å². The third-order valence-corrected chi connectivity index (χ3v) is 6.81. The van der Waals surface area contributed by atoms with Gasteiger partial charge >= 0.3 is 0 Å². The van der Waals surface area contributed by atoms with Crippen LogP contribution in [0.4, 0.5) is 0 Å². The molecule has 0 radical (unpaired) electrons. The zero-order valence-corrected chi connectivity index (χ0v) is 16.5. The van der Waals surface area contributed by atoms with Gasteiger partial charge in [-0.15, -0.1) is 0 Å². The Morgan fingerprint density at radius 2 is 1.96 bits per heavy atom. The van der Waals surface area contributed by atoms with Gasteiger partial charge in [-0.25, -0.2) is 8.42 Å². The second kappa shape index (κ2) is 7.17. The molecule has 0 aliphatic carbocycles. The zero-order valence-electron chi connectivity index (χ0n) is 14.1. The molecule has 2 aromatic rings. The topological polar surface area (TPSA) is 59.0 Å². The van der Waals surface area contributed by atoms with Crippen molar-refractivity contribution in [2.45, 2.75) is 18.2 Å². The van der Waals surface area contributed by atoms with E-state index in [1.807, 2.05) is 37.3 Å². The molecule has 5 nitrogen and oxygen atoms in total. The fraction of sp³-hybridized carbons (Fsp3) is 0.278. The predicted octanol–water partition coefficient (Wildman–Crippen LogP) is 3.41. The second-order valence-electron chi connectivity index (χ2n) is 5.79. The summed E-state index contributed by atoms with van der Waals surface area (Å²) >= 11 is 3.41. The number of benzene rings is 2. The Morgan fingerprint density at radius 1 is 1.24 bits per heavy atom. The van der Waals surface area contributed by atoms with Crippen molar-refractivity contribution in [3.63, 3.8) is 0 Å². The average Bonchev–Trinajstić information content (AvgIpc) is 3.06. The van der Waals surface area contributed by atoms with Crippen LogP contribution >= 0.6 is 15.9 Å². The van der Waals surface area contributed by atoms with E-state index >= 15 is 0 Å². The molecule has 0 atom stereocenters. The van der Waals surface area contributed by atoms with Crippen LogP contribution in [0.15, 0.2) is 56.8 Å². The number of aliphatic imine (C=N–C) groups is 1. The van der Waals surface area contributed by atoms with Crippen molar-refractivity contribution in [1.82, 2.24) is 4.31 Å². The first-order valence-corrected chi connectivity index (χ1v) is 10.1. The Bertz CT molecular complexity index is 911. The normalized spacial score (nSPS) is 14.5. The van der Waals surface area contributed by atoms with E-state index in [2.05, 4.69) is 20.9 Å². The summed E-state index contributed by atoms with van der Waals surface area (Å²) in [5.74, 6) is 0.900. The molecule has 1 heterocycles. The Labute approximate surface area is 156 Å². The standard InChI is InChI=1S/C18H19BrN2O3S/c1-13-10-16(24-2)17(12-15(13)19)25(22,23)21-9-8-20-18(21)11-14-6-4-3-5-7-14/h3-7,10,12H,8-9,11H2,1-2H3. The number of hydrogen-bond donors (Lipinski definition) is 0. The van der Waals surface area contributed by atoms with Crippen LogP contribution in [0.1, 0.15) is 11.1 Å². The number of nitrogens with zero attached hydrogens (tertiary/aromatic N) is 2. The molecule has 0 spiro atoms. The minimum atomic E-state index is -3.74. The van der Waals surface area contributed by atoms with E-state index < -0.39 is 10.0 Å². The summed E-state index contributed by atoms with van der Waals surface area (Å²) in [6.45, 7) is 2.71. The largest absolute Gasteiger partial charge is 0.495 e. The van der Waals surface area contributed by atoms with Crippen LogP contribution in [0.5, 0.6) is 5.75 Å². The molecule has 0 saturated heterocycles. The maximum absolute atomic E-state index is 13.2. The first-order valence-electron chi connectivity index (χ1n) is 7.87. The van der Waals surface area contributed by atoms with Crippen molar-refractivity contribution < 1.29 is 13.2 Å². The molecule has 1 aliphatic heterocycles. The number of amidine groups is 1. The second-order valence-corrected chi connectivity index (χ2v) is 8.47. The van der Waals surface area contributed by atoms with Crippen molar-refractivity contribution >= 4 is 31.8 Å². The highest BCUT2D eigenvalue weighted by atomic mass is 79.9. The summed E-state index contributed by atoms with van der Waals surface area (Å²) in [5.41, 5.74) is 1.94. The molecule has 0 fully saturated rings. The highest BCUT2D eigenvalue weighted by Crippen LogP contribution is 2.33. The monoisotopic (exact) mass is 422 g/mol. The molecule has 0 bridgehead atoms. The van der Waals surface area contributed by atoms with Gasteiger partial charge in [0.05, 0.1) is 20.2 Å². The number of aryl methyl sites for hydroxylation is 1. The fourth-order valence-corrected chi connectivity index (χ4v) is 4.89. The minimum Gasteiger partial charge on any atom is -0.495 e. The van der Waals surface area contributed by atoms with Crippen molar-refractivity contribution in [2.24, 2.45) is 4.99 Å². The van der Waals surface area contributed by atoms with Gasteiger partial charge in [0.25, 0.3) is 10.0 Å². The van der Waals surface area contributed by atoms with E-state index in [4.69, 9.17) is 4.74 Å². The Balaban J connectivity index is 1.97. The van der Waals surface area contributed by atoms with Crippen molar-refractivity contribution in [3.8, 4) is 5.75 Å². The summed E-state index contributed by atoms with van der Waals surface area (Å²) in [7, 11) is -2.27.